The quantitative estimate of drug-likeness (QED) is 0.732. The Morgan fingerprint density at radius 3 is 2.37 bits per heavy atom. The second-order valence-corrected chi connectivity index (χ2v) is 5.31. The maximum atomic E-state index is 9.34. The first-order valence-electron chi connectivity index (χ1n) is 7.07. The van der Waals surface area contributed by atoms with Gasteiger partial charge in [-0.15, -0.1) is 0 Å². The van der Waals surface area contributed by atoms with Crippen LogP contribution in [0.2, 0.25) is 0 Å². The fourth-order valence-corrected chi connectivity index (χ4v) is 2.44. The summed E-state index contributed by atoms with van der Waals surface area (Å²) in [4.78, 5) is 2.29. The van der Waals surface area contributed by atoms with E-state index in [4.69, 9.17) is 5.11 Å². The molecule has 0 radical (unpaired) electrons. The van der Waals surface area contributed by atoms with Crippen LogP contribution >= 0.6 is 0 Å². The SMILES string of the molecule is O[C@@H]1CCN(Cc2ccccc2)C1.O[C@@H]1CCNC1. The van der Waals surface area contributed by atoms with E-state index in [0.717, 1.165) is 45.6 Å². The molecule has 2 aliphatic heterocycles. The first kappa shape index (κ1) is 14.5. The molecule has 19 heavy (non-hydrogen) atoms. The summed E-state index contributed by atoms with van der Waals surface area (Å²) in [5.74, 6) is 0. The van der Waals surface area contributed by atoms with E-state index in [1.54, 1.807) is 0 Å². The van der Waals surface area contributed by atoms with Gasteiger partial charge in [0.15, 0.2) is 0 Å². The van der Waals surface area contributed by atoms with Gasteiger partial charge in [-0.3, -0.25) is 4.90 Å². The minimum absolute atomic E-state index is 0.0648. The molecule has 2 fully saturated rings. The molecule has 1 aromatic carbocycles. The van der Waals surface area contributed by atoms with E-state index >= 15 is 0 Å². The number of hydrogen-bond donors (Lipinski definition) is 3. The standard InChI is InChI=1S/C11H15NO.C4H9NO/c13-11-6-7-12(9-11)8-10-4-2-1-3-5-10;6-4-1-2-5-3-4/h1-5,11,13H,6-9H2;4-6H,1-3H2/t11-;4-/m11/s1. The number of nitrogens with one attached hydrogen (secondary N) is 1. The van der Waals surface area contributed by atoms with Gasteiger partial charge >= 0.3 is 0 Å². The van der Waals surface area contributed by atoms with Crippen molar-refractivity contribution >= 4 is 0 Å². The molecule has 0 spiro atoms. The van der Waals surface area contributed by atoms with E-state index < -0.39 is 0 Å². The smallest absolute Gasteiger partial charge is 0.0679 e. The highest BCUT2D eigenvalue weighted by molar-refractivity contribution is 5.14. The Kier molecular flexibility index (Phi) is 5.79. The molecule has 0 aromatic heterocycles. The number of nitrogens with zero attached hydrogens (tertiary/aromatic N) is 1. The van der Waals surface area contributed by atoms with E-state index in [2.05, 4.69) is 34.5 Å². The van der Waals surface area contributed by atoms with Crippen LogP contribution in [0, 0.1) is 0 Å². The van der Waals surface area contributed by atoms with Crippen molar-refractivity contribution in [1.82, 2.24) is 10.2 Å². The summed E-state index contributed by atoms with van der Waals surface area (Å²) in [6, 6.07) is 10.4. The predicted octanol–water partition coefficient (Wildman–Crippen LogP) is 0.594. The van der Waals surface area contributed by atoms with Gasteiger partial charge in [0, 0.05) is 26.2 Å². The Morgan fingerprint density at radius 1 is 1.11 bits per heavy atom. The van der Waals surface area contributed by atoms with E-state index in [-0.39, 0.29) is 12.2 Å². The van der Waals surface area contributed by atoms with Crippen molar-refractivity contribution in [2.24, 2.45) is 0 Å². The molecule has 4 nitrogen and oxygen atoms in total. The van der Waals surface area contributed by atoms with Crippen LogP contribution in [0.5, 0.6) is 0 Å². The number of hydrogen-bond acceptors (Lipinski definition) is 4. The summed E-state index contributed by atoms with van der Waals surface area (Å²) >= 11 is 0. The highest BCUT2D eigenvalue weighted by atomic mass is 16.3. The minimum atomic E-state index is -0.108. The zero-order valence-corrected chi connectivity index (χ0v) is 11.3. The Hall–Kier alpha value is -0.940. The monoisotopic (exact) mass is 264 g/mol. The average Bonchev–Trinajstić information content (AvgIpc) is 3.03. The van der Waals surface area contributed by atoms with Crippen LogP contribution in [0.4, 0.5) is 0 Å². The lowest BCUT2D eigenvalue weighted by Crippen LogP contribution is -2.21. The highest BCUT2D eigenvalue weighted by Crippen LogP contribution is 2.12. The Balaban J connectivity index is 0.000000186. The molecule has 1 aromatic rings. The summed E-state index contributed by atoms with van der Waals surface area (Å²) in [5, 5.41) is 21.0. The lowest BCUT2D eigenvalue weighted by Gasteiger charge is -2.14. The number of aliphatic hydroxyl groups excluding tert-OH is 2. The Labute approximate surface area is 115 Å². The van der Waals surface area contributed by atoms with Crippen molar-refractivity contribution in [3.8, 4) is 0 Å². The van der Waals surface area contributed by atoms with Gasteiger partial charge in [-0.1, -0.05) is 30.3 Å². The normalized spacial score (nSPS) is 27.1. The van der Waals surface area contributed by atoms with Gasteiger partial charge in [0.2, 0.25) is 0 Å². The molecular weight excluding hydrogens is 240 g/mol. The van der Waals surface area contributed by atoms with Crippen molar-refractivity contribution in [3.63, 3.8) is 0 Å². The van der Waals surface area contributed by atoms with Crippen molar-refractivity contribution in [1.29, 1.82) is 0 Å². The number of likely N-dealkylation sites (tertiary alicyclic amines) is 1. The van der Waals surface area contributed by atoms with Crippen molar-refractivity contribution < 1.29 is 10.2 Å². The van der Waals surface area contributed by atoms with Gasteiger partial charge in [-0.2, -0.15) is 0 Å². The minimum Gasteiger partial charge on any atom is -0.392 e. The summed E-state index contributed by atoms with van der Waals surface area (Å²) in [7, 11) is 0. The lowest BCUT2D eigenvalue weighted by atomic mass is 10.2. The van der Waals surface area contributed by atoms with Crippen molar-refractivity contribution in [2.45, 2.75) is 31.6 Å². The summed E-state index contributed by atoms with van der Waals surface area (Å²) in [6.07, 6.45) is 1.68. The molecule has 0 saturated carbocycles. The molecule has 2 atom stereocenters. The van der Waals surface area contributed by atoms with Crippen LogP contribution in [-0.2, 0) is 6.54 Å². The van der Waals surface area contributed by atoms with Gasteiger partial charge in [-0.25, -0.2) is 0 Å². The second-order valence-electron chi connectivity index (χ2n) is 5.31. The highest BCUT2D eigenvalue weighted by Gasteiger charge is 2.19. The molecule has 106 valence electrons. The largest absolute Gasteiger partial charge is 0.392 e. The van der Waals surface area contributed by atoms with Crippen LogP contribution in [0.3, 0.4) is 0 Å². The molecule has 4 heteroatoms. The molecule has 2 aliphatic rings. The molecular formula is C15H24N2O2. The molecule has 3 N–H and O–H groups in total. The van der Waals surface area contributed by atoms with Crippen LogP contribution in [0.25, 0.3) is 0 Å². The lowest BCUT2D eigenvalue weighted by molar-refractivity contribution is 0.175. The van der Waals surface area contributed by atoms with Crippen LogP contribution in [0.15, 0.2) is 30.3 Å². The van der Waals surface area contributed by atoms with Gasteiger partial charge in [0.25, 0.3) is 0 Å². The molecule has 0 unspecified atom stereocenters. The van der Waals surface area contributed by atoms with Crippen molar-refractivity contribution in [2.75, 3.05) is 26.2 Å². The van der Waals surface area contributed by atoms with E-state index in [1.807, 2.05) is 6.07 Å². The first-order valence-corrected chi connectivity index (χ1v) is 7.07. The summed E-state index contributed by atoms with van der Waals surface area (Å²) in [6.45, 7) is 4.60. The van der Waals surface area contributed by atoms with E-state index in [1.165, 1.54) is 5.56 Å². The number of rotatable bonds is 2. The summed E-state index contributed by atoms with van der Waals surface area (Å²) < 4.78 is 0. The first-order chi connectivity index (χ1) is 9.24. The topological polar surface area (TPSA) is 55.7 Å². The molecule has 2 saturated heterocycles. The number of β-amino-alcohol motifs (C(OH)–C–C–N with tert-alkyl or cyclic N) is 2. The molecule has 0 bridgehead atoms. The zero-order chi connectivity index (χ0) is 13.5. The van der Waals surface area contributed by atoms with E-state index in [0.29, 0.717) is 0 Å². The van der Waals surface area contributed by atoms with Crippen molar-refractivity contribution in [3.05, 3.63) is 35.9 Å². The second kappa shape index (κ2) is 7.60. The summed E-state index contributed by atoms with van der Waals surface area (Å²) in [5.41, 5.74) is 1.33. The predicted molar refractivity (Wildman–Crippen MR) is 75.8 cm³/mol. The van der Waals surface area contributed by atoms with Gasteiger partial charge < -0.3 is 15.5 Å². The zero-order valence-electron chi connectivity index (χ0n) is 11.3. The maximum absolute atomic E-state index is 9.34. The molecule has 2 heterocycles. The Bertz CT molecular complexity index is 352. The van der Waals surface area contributed by atoms with Gasteiger partial charge in [0.1, 0.15) is 0 Å². The Morgan fingerprint density at radius 2 is 1.89 bits per heavy atom. The van der Waals surface area contributed by atoms with Gasteiger partial charge in [-0.05, 0) is 24.9 Å². The fourth-order valence-electron chi connectivity index (χ4n) is 2.44. The molecule has 0 aliphatic carbocycles. The maximum Gasteiger partial charge on any atom is 0.0679 e. The average molecular weight is 264 g/mol. The van der Waals surface area contributed by atoms with E-state index in [9.17, 15) is 5.11 Å². The van der Waals surface area contributed by atoms with Gasteiger partial charge in [0.05, 0.1) is 12.2 Å². The van der Waals surface area contributed by atoms with Crippen LogP contribution in [-0.4, -0.2) is 53.5 Å². The van der Waals surface area contributed by atoms with Crippen LogP contribution in [0.1, 0.15) is 18.4 Å². The number of benzene rings is 1. The molecule has 0 amide bonds. The fraction of sp³-hybridized carbons (Fsp3) is 0.600. The van der Waals surface area contributed by atoms with Crippen LogP contribution < -0.4 is 5.32 Å². The number of aliphatic hydroxyl groups is 2. The molecule has 3 rings (SSSR count). The third kappa shape index (κ3) is 5.28. The third-order valence-electron chi connectivity index (χ3n) is 3.53. The third-order valence-corrected chi connectivity index (χ3v) is 3.53.